The Morgan fingerprint density at radius 2 is 1.95 bits per heavy atom. The van der Waals surface area contributed by atoms with Crippen LogP contribution in [0.15, 0.2) is 24.3 Å². The van der Waals surface area contributed by atoms with E-state index in [1.54, 1.807) is 23.2 Å². The number of carbonyl (C=O) groups excluding carboxylic acids is 1. The van der Waals surface area contributed by atoms with Gasteiger partial charge < -0.3 is 4.90 Å². The van der Waals surface area contributed by atoms with E-state index in [0.717, 1.165) is 21.9 Å². The predicted octanol–water partition coefficient (Wildman–Crippen LogP) is 2.63. The molecular weight excluding hydrogens is 282 g/mol. The van der Waals surface area contributed by atoms with Gasteiger partial charge in [0.1, 0.15) is 0 Å². The summed E-state index contributed by atoms with van der Waals surface area (Å²) in [5, 5.41) is 0.783. The van der Waals surface area contributed by atoms with Gasteiger partial charge in [-0.05, 0) is 26.2 Å². The molecule has 0 radical (unpaired) electrons. The van der Waals surface area contributed by atoms with Gasteiger partial charge in [0.25, 0.3) is 0 Å². The van der Waals surface area contributed by atoms with Crippen LogP contribution in [-0.2, 0) is 4.79 Å². The molecule has 0 bridgehead atoms. The minimum Gasteiger partial charge on any atom is -0.308 e. The summed E-state index contributed by atoms with van der Waals surface area (Å²) in [5.41, 5.74) is 0.952. The average molecular weight is 300 g/mol. The van der Waals surface area contributed by atoms with Crippen molar-refractivity contribution in [3.8, 4) is 0 Å². The second-order valence-electron chi connectivity index (χ2n) is 4.44. The van der Waals surface area contributed by atoms with Crippen LogP contribution in [0.4, 0.5) is 5.13 Å². The summed E-state index contributed by atoms with van der Waals surface area (Å²) in [7, 11) is 3.99. The summed E-state index contributed by atoms with van der Waals surface area (Å²) in [6, 6.07) is 7.95. The van der Waals surface area contributed by atoms with Gasteiger partial charge in [-0.25, -0.2) is 4.98 Å². The molecule has 1 amide bonds. The summed E-state index contributed by atoms with van der Waals surface area (Å²) in [4.78, 5) is 20.0. The molecule has 0 aliphatic carbocycles. The molecule has 4 nitrogen and oxygen atoms in total. The third-order valence-electron chi connectivity index (χ3n) is 2.66. The lowest BCUT2D eigenvalue weighted by molar-refractivity contribution is -0.116. The minimum absolute atomic E-state index is 0. The van der Waals surface area contributed by atoms with E-state index in [1.165, 1.54) is 0 Å². The molecule has 0 atom stereocenters. The van der Waals surface area contributed by atoms with Crippen LogP contribution in [0.25, 0.3) is 10.2 Å². The van der Waals surface area contributed by atoms with Crippen molar-refractivity contribution in [3.05, 3.63) is 24.3 Å². The molecule has 1 aromatic carbocycles. The second kappa shape index (κ2) is 6.84. The van der Waals surface area contributed by atoms with Gasteiger partial charge in [-0.2, -0.15) is 0 Å². The fourth-order valence-corrected chi connectivity index (χ4v) is 2.70. The first-order valence-corrected chi connectivity index (χ1v) is 6.68. The normalized spacial score (nSPS) is 10.5. The molecular formula is C13H18ClN3OS. The Balaban J connectivity index is 0.00000180. The number of hydrogen-bond acceptors (Lipinski definition) is 4. The molecule has 1 heterocycles. The first-order valence-electron chi connectivity index (χ1n) is 5.86. The molecule has 0 fully saturated rings. The molecule has 2 aromatic rings. The molecule has 0 unspecified atom stereocenters. The number of halogens is 1. The largest absolute Gasteiger partial charge is 0.308 e. The van der Waals surface area contributed by atoms with Crippen LogP contribution >= 0.6 is 23.7 Å². The maximum atomic E-state index is 11.7. The molecule has 19 heavy (non-hydrogen) atoms. The number of aromatic nitrogens is 1. The predicted molar refractivity (Wildman–Crippen MR) is 83.4 cm³/mol. The first kappa shape index (κ1) is 15.9. The zero-order valence-electron chi connectivity index (χ0n) is 11.3. The Kier molecular flexibility index (Phi) is 5.72. The summed E-state index contributed by atoms with van der Waals surface area (Å²) in [6.07, 6.45) is 0. The van der Waals surface area contributed by atoms with Crippen molar-refractivity contribution in [1.29, 1.82) is 0 Å². The van der Waals surface area contributed by atoms with Crippen LogP contribution in [0, 0.1) is 0 Å². The number of carbonyl (C=O) groups is 1. The second-order valence-corrected chi connectivity index (χ2v) is 5.45. The van der Waals surface area contributed by atoms with Gasteiger partial charge in [-0.15, -0.1) is 12.4 Å². The van der Waals surface area contributed by atoms with Gasteiger partial charge in [0, 0.05) is 20.0 Å². The van der Waals surface area contributed by atoms with E-state index in [-0.39, 0.29) is 18.3 Å². The maximum Gasteiger partial charge on any atom is 0.225 e. The van der Waals surface area contributed by atoms with Crippen molar-refractivity contribution in [3.63, 3.8) is 0 Å². The topological polar surface area (TPSA) is 36.4 Å². The summed E-state index contributed by atoms with van der Waals surface area (Å²) in [5.74, 6) is 0.0379. The van der Waals surface area contributed by atoms with Gasteiger partial charge in [0.15, 0.2) is 5.13 Å². The third kappa shape index (κ3) is 3.89. The number of rotatable bonds is 4. The van der Waals surface area contributed by atoms with Crippen LogP contribution in [0.5, 0.6) is 0 Å². The van der Waals surface area contributed by atoms with Crippen LogP contribution in [-0.4, -0.2) is 43.0 Å². The van der Waals surface area contributed by atoms with Gasteiger partial charge in [0.05, 0.1) is 10.2 Å². The smallest absolute Gasteiger partial charge is 0.225 e. The molecule has 0 saturated carbocycles. The standard InChI is InChI=1S/C13H17N3OS.ClH/c1-10(17)16(9-8-15(2)3)13-14-11-6-4-5-7-12(11)18-13;/h4-7H,8-9H2,1-3H3;1H. The van der Waals surface area contributed by atoms with Crippen molar-refractivity contribution in [2.75, 3.05) is 32.1 Å². The molecule has 0 saturated heterocycles. The van der Waals surface area contributed by atoms with E-state index < -0.39 is 0 Å². The number of nitrogens with zero attached hydrogens (tertiary/aromatic N) is 3. The van der Waals surface area contributed by atoms with Gasteiger partial charge in [-0.3, -0.25) is 9.69 Å². The molecule has 1 aromatic heterocycles. The van der Waals surface area contributed by atoms with E-state index in [1.807, 2.05) is 38.4 Å². The maximum absolute atomic E-state index is 11.7. The Bertz CT molecular complexity index is 523. The zero-order chi connectivity index (χ0) is 13.1. The van der Waals surface area contributed by atoms with Crippen LogP contribution in [0.1, 0.15) is 6.92 Å². The highest BCUT2D eigenvalue weighted by atomic mass is 35.5. The number of anilines is 1. The van der Waals surface area contributed by atoms with E-state index in [2.05, 4.69) is 9.88 Å². The average Bonchev–Trinajstić information content (AvgIpc) is 2.71. The molecule has 6 heteroatoms. The fraction of sp³-hybridized carbons (Fsp3) is 0.385. The number of fused-ring (bicyclic) bond motifs is 1. The number of benzene rings is 1. The number of hydrogen-bond donors (Lipinski definition) is 0. The molecule has 2 rings (SSSR count). The Labute approximate surface area is 123 Å². The highest BCUT2D eigenvalue weighted by molar-refractivity contribution is 7.22. The SMILES string of the molecule is CC(=O)N(CCN(C)C)c1nc2ccccc2s1.Cl. The van der Waals surface area contributed by atoms with E-state index >= 15 is 0 Å². The molecule has 104 valence electrons. The van der Waals surface area contributed by atoms with E-state index in [0.29, 0.717) is 6.54 Å². The molecule has 0 N–H and O–H groups in total. The van der Waals surface area contributed by atoms with Crippen LogP contribution < -0.4 is 4.90 Å². The highest BCUT2D eigenvalue weighted by Gasteiger charge is 2.15. The first-order chi connectivity index (χ1) is 8.58. The minimum atomic E-state index is 0. The number of amides is 1. The van der Waals surface area contributed by atoms with Crippen molar-refractivity contribution in [2.45, 2.75) is 6.92 Å². The lowest BCUT2D eigenvalue weighted by atomic mass is 10.3. The van der Waals surface area contributed by atoms with Gasteiger partial charge >= 0.3 is 0 Å². The Hall–Kier alpha value is -1.17. The number of thiazole rings is 1. The molecule has 0 spiro atoms. The van der Waals surface area contributed by atoms with Crippen molar-refractivity contribution in [2.24, 2.45) is 0 Å². The highest BCUT2D eigenvalue weighted by Crippen LogP contribution is 2.28. The summed E-state index contributed by atoms with van der Waals surface area (Å²) >= 11 is 1.56. The third-order valence-corrected chi connectivity index (χ3v) is 3.72. The van der Waals surface area contributed by atoms with Crippen molar-refractivity contribution in [1.82, 2.24) is 9.88 Å². The van der Waals surface area contributed by atoms with E-state index in [9.17, 15) is 4.79 Å². The Morgan fingerprint density at radius 3 is 2.53 bits per heavy atom. The quantitative estimate of drug-likeness (QED) is 0.871. The summed E-state index contributed by atoms with van der Waals surface area (Å²) in [6.45, 7) is 3.08. The lowest BCUT2D eigenvalue weighted by Crippen LogP contribution is -2.35. The molecule has 0 aliphatic heterocycles. The van der Waals surface area contributed by atoms with Crippen molar-refractivity contribution < 1.29 is 4.79 Å². The van der Waals surface area contributed by atoms with Crippen LogP contribution in [0.3, 0.4) is 0 Å². The van der Waals surface area contributed by atoms with Gasteiger partial charge in [-0.1, -0.05) is 23.5 Å². The van der Waals surface area contributed by atoms with E-state index in [4.69, 9.17) is 0 Å². The summed E-state index contributed by atoms with van der Waals surface area (Å²) < 4.78 is 1.11. The number of para-hydroxylation sites is 1. The molecule has 0 aliphatic rings. The fourth-order valence-electron chi connectivity index (χ4n) is 1.66. The van der Waals surface area contributed by atoms with Gasteiger partial charge in [0.2, 0.25) is 5.91 Å². The lowest BCUT2D eigenvalue weighted by Gasteiger charge is -2.20. The number of likely N-dealkylation sites (N-methyl/N-ethyl adjacent to an activating group) is 1. The van der Waals surface area contributed by atoms with Crippen LogP contribution in [0.2, 0.25) is 0 Å². The Morgan fingerprint density at radius 1 is 1.26 bits per heavy atom. The monoisotopic (exact) mass is 299 g/mol. The van der Waals surface area contributed by atoms with Crippen molar-refractivity contribution >= 4 is 45.0 Å². The zero-order valence-corrected chi connectivity index (χ0v) is 12.9.